The van der Waals surface area contributed by atoms with Crippen LogP contribution in [0.3, 0.4) is 0 Å². The molecule has 6 nitrogen and oxygen atoms in total. The lowest BCUT2D eigenvalue weighted by molar-refractivity contribution is -0.125. The van der Waals surface area contributed by atoms with Gasteiger partial charge in [-0.2, -0.15) is 4.98 Å². The molecule has 2 aromatic rings. The van der Waals surface area contributed by atoms with E-state index in [0.717, 1.165) is 43.7 Å². The number of anilines is 1. The van der Waals surface area contributed by atoms with Crippen molar-refractivity contribution in [2.45, 2.75) is 52.1 Å². The van der Waals surface area contributed by atoms with Gasteiger partial charge in [0, 0.05) is 18.7 Å². The van der Waals surface area contributed by atoms with Gasteiger partial charge in [0.15, 0.2) is 5.82 Å². The van der Waals surface area contributed by atoms with Crippen LogP contribution in [0.5, 0.6) is 0 Å². The summed E-state index contributed by atoms with van der Waals surface area (Å²) < 4.78 is 5.38. The minimum absolute atomic E-state index is 0.143. The molecule has 1 aliphatic rings. The second kappa shape index (κ2) is 8.45. The van der Waals surface area contributed by atoms with Crippen molar-refractivity contribution < 1.29 is 9.32 Å². The summed E-state index contributed by atoms with van der Waals surface area (Å²) in [6.07, 6.45) is 3.71. The van der Waals surface area contributed by atoms with E-state index in [1.54, 1.807) is 0 Å². The number of carbonyl (C=O) groups is 1. The smallest absolute Gasteiger partial charge is 0.244 e. The number of benzene rings is 1. The number of likely N-dealkylation sites (N-methyl/N-ethyl adjacent to an activating group) is 1. The van der Waals surface area contributed by atoms with Crippen LogP contribution in [0.1, 0.15) is 44.8 Å². The number of amides is 1. The molecule has 6 heteroatoms. The van der Waals surface area contributed by atoms with E-state index in [9.17, 15) is 4.79 Å². The number of nitrogens with zero attached hydrogens (tertiary/aromatic N) is 4. The van der Waals surface area contributed by atoms with Crippen LogP contribution in [0.4, 0.5) is 5.69 Å². The summed E-state index contributed by atoms with van der Waals surface area (Å²) in [6.45, 7) is 5.63. The molecule has 1 aromatic carbocycles. The van der Waals surface area contributed by atoms with E-state index in [1.807, 2.05) is 47.2 Å². The fourth-order valence-corrected chi connectivity index (χ4v) is 3.33. The lowest BCUT2D eigenvalue weighted by atomic mass is 10.0. The lowest BCUT2D eigenvalue weighted by Crippen LogP contribution is -2.51. The van der Waals surface area contributed by atoms with Crippen molar-refractivity contribution in [2.24, 2.45) is 5.92 Å². The SMILES string of the molecule is CC(C)CCc1noc(CN(C)C2CCCN(c3ccccc3)C2=O)n1. The van der Waals surface area contributed by atoms with E-state index in [0.29, 0.717) is 18.4 Å². The molecule has 0 saturated carbocycles. The first-order valence-electron chi connectivity index (χ1n) is 9.42. The first-order valence-corrected chi connectivity index (χ1v) is 9.42. The van der Waals surface area contributed by atoms with Gasteiger partial charge in [-0.15, -0.1) is 0 Å². The highest BCUT2D eigenvalue weighted by Gasteiger charge is 2.33. The molecule has 0 spiro atoms. The van der Waals surface area contributed by atoms with Crippen LogP contribution in [-0.2, 0) is 17.8 Å². The molecule has 0 bridgehead atoms. The predicted molar refractivity (Wildman–Crippen MR) is 101 cm³/mol. The van der Waals surface area contributed by atoms with Crippen molar-refractivity contribution in [1.82, 2.24) is 15.0 Å². The van der Waals surface area contributed by atoms with Crippen molar-refractivity contribution in [3.63, 3.8) is 0 Å². The van der Waals surface area contributed by atoms with E-state index in [4.69, 9.17) is 4.52 Å². The van der Waals surface area contributed by atoms with Gasteiger partial charge in [0.2, 0.25) is 11.8 Å². The van der Waals surface area contributed by atoms with Gasteiger partial charge in [0.1, 0.15) is 0 Å². The third-order valence-corrected chi connectivity index (χ3v) is 4.85. The fourth-order valence-electron chi connectivity index (χ4n) is 3.33. The van der Waals surface area contributed by atoms with Gasteiger partial charge < -0.3 is 9.42 Å². The summed E-state index contributed by atoms with van der Waals surface area (Å²) in [4.78, 5) is 21.3. The van der Waals surface area contributed by atoms with Crippen molar-refractivity contribution in [3.05, 3.63) is 42.0 Å². The molecule has 1 atom stereocenters. The van der Waals surface area contributed by atoms with E-state index >= 15 is 0 Å². The molecule has 1 unspecified atom stereocenters. The van der Waals surface area contributed by atoms with E-state index in [2.05, 4.69) is 24.0 Å². The summed E-state index contributed by atoms with van der Waals surface area (Å²) in [5.41, 5.74) is 0.962. The molecule has 0 aliphatic carbocycles. The van der Waals surface area contributed by atoms with Gasteiger partial charge in [-0.25, -0.2) is 0 Å². The molecule has 1 fully saturated rings. The van der Waals surface area contributed by atoms with Crippen LogP contribution in [0.15, 0.2) is 34.9 Å². The number of para-hydroxylation sites is 1. The van der Waals surface area contributed by atoms with Gasteiger partial charge >= 0.3 is 0 Å². The Kier molecular flexibility index (Phi) is 6.04. The Bertz CT molecular complexity index is 714. The molecule has 0 radical (unpaired) electrons. The van der Waals surface area contributed by atoms with Crippen LogP contribution in [0.25, 0.3) is 0 Å². The number of hydrogen-bond donors (Lipinski definition) is 0. The van der Waals surface area contributed by atoms with Crippen molar-refractivity contribution in [1.29, 1.82) is 0 Å². The molecule has 3 rings (SSSR count). The quantitative estimate of drug-likeness (QED) is 0.762. The number of piperidine rings is 1. The largest absolute Gasteiger partial charge is 0.338 e. The summed E-state index contributed by atoms with van der Waals surface area (Å²) >= 11 is 0. The second-order valence-corrected chi connectivity index (χ2v) is 7.44. The van der Waals surface area contributed by atoms with Gasteiger partial charge in [0.05, 0.1) is 12.6 Å². The number of rotatable bonds is 7. The molecule has 140 valence electrons. The number of aryl methyl sites for hydroxylation is 1. The van der Waals surface area contributed by atoms with Crippen LogP contribution < -0.4 is 4.90 Å². The number of aromatic nitrogens is 2. The van der Waals surface area contributed by atoms with E-state index < -0.39 is 0 Å². The standard InChI is InChI=1S/C20H28N4O2/c1-15(2)11-12-18-21-19(26-22-18)14-23(3)17-10-7-13-24(20(17)25)16-8-5-4-6-9-16/h4-6,8-9,15,17H,7,10-14H2,1-3H3. The molecule has 26 heavy (non-hydrogen) atoms. The zero-order chi connectivity index (χ0) is 18.5. The highest BCUT2D eigenvalue weighted by molar-refractivity contribution is 5.97. The predicted octanol–water partition coefficient (Wildman–Crippen LogP) is 3.29. The van der Waals surface area contributed by atoms with Crippen LogP contribution in [0.2, 0.25) is 0 Å². The van der Waals surface area contributed by atoms with Crippen molar-refractivity contribution in [2.75, 3.05) is 18.5 Å². The Morgan fingerprint density at radius 3 is 2.81 bits per heavy atom. The Hall–Kier alpha value is -2.21. The molecule has 2 heterocycles. The number of carbonyl (C=O) groups excluding carboxylic acids is 1. The van der Waals surface area contributed by atoms with Crippen molar-refractivity contribution >= 4 is 11.6 Å². The highest BCUT2D eigenvalue weighted by Crippen LogP contribution is 2.23. The van der Waals surface area contributed by atoms with Crippen LogP contribution in [0, 0.1) is 5.92 Å². The van der Waals surface area contributed by atoms with Gasteiger partial charge in [-0.1, -0.05) is 37.2 Å². The second-order valence-electron chi connectivity index (χ2n) is 7.44. The molecular formula is C20H28N4O2. The zero-order valence-electron chi connectivity index (χ0n) is 15.9. The Morgan fingerprint density at radius 2 is 2.08 bits per heavy atom. The summed E-state index contributed by atoms with van der Waals surface area (Å²) in [5.74, 6) is 2.09. The Labute approximate surface area is 155 Å². The molecule has 0 N–H and O–H groups in total. The topological polar surface area (TPSA) is 62.5 Å². The summed E-state index contributed by atoms with van der Waals surface area (Å²) in [5, 5.41) is 4.06. The minimum Gasteiger partial charge on any atom is -0.338 e. The summed E-state index contributed by atoms with van der Waals surface area (Å²) in [7, 11) is 1.95. The first-order chi connectivity index (χ1) is 12.5. The van der Waals surface area contributed by atoms with Crippen molar-refractivity contribution in [3.8, 4) is 0 Å². The molecular weight excluding hydrogens is 328 g/mol. The first kappa shape index (κ1) is 18.6. The van der Waals surface area contributed by atoms with Crippen LogP contribution in [-0.4, -0.2) is 40.6 Å². The average Bonchev–Trinajstić information content (AvgIpc) is 3.08. The maximum Gasteiger partial charge on any atom is 0.244 e. The molecule has 1 saturated heterocycles. The maximum absolute atomic E-state index is 13.0. The molecule has 1 amide bonds. The van der Waals surface area contributed by atoms with Gasteiger partial charge in [-0.05, 0) is 44.4 Å². The third kappa shape index (κ3) is 4.49. The van der Waals surface area contributed by atoms with Crippen LogP contribution >= 0.6 is 0 Å². The molecule has 1 aliphatic heterocycles. The fraction of sp³-hybridized carbons (Fsp3) is 0.550. The van der Waals surface area contributed by atoms with E-state index in [1.165, 1.54) is 0 Å². The average molecular weight is 356 g/mol. The zero-order valence-corrected chi connectivity index (χ0v) is 15.9. The van der Waals surface area contributed by atoms with Gasteiger partial charge in [0.25, 0.3) is 0 Å². The third-order valence-electron chi connectivity index (χ3n) is 4.85. The van der Waals surface area contributed by atoms with Gasteiger partial charge in [-0.3, -0.25) is 9.69 Å². The minimum atomic E-state index is -0.157. The highest BCUT2D eigenvalue weighted by atomic mass is 16.5. The maximum atomic E-state index is 13.0. The number of hydrogen-bond acceptors (Lipinski definition) is 5. The monoisotopic (exact) mass is 356 g/mol. The Balaban J connectivity index is 1.62. The normalized spacial score (nSPS) is 18.1. The lowest BCUT2D eigenvalue weighted by Gasteiger charge is -2.36. The summed E-state index contributed by atoms with van der Waals surface area (Å²) in [6, 6.07) is 9.71. The molecule has 1 aromatic heterocycles. The Morgan fingerprint density at radius 1 is 1.31 bits per heavy atom. The van der Waals surface area contributed by atoms with E-state index in [-0.39, 0.29) is 11.9 Å².